The van der Waals surface area contributed by atoms with Crippen LogP contribution >= 0.6 is 11.8 Å². The molecule has 0 aromatic rings. The molecule has 25 heavy (non-hydrogen) atoms. The van der Waals surface area contributed by atoms with Crippen molar-refractivity contribution in [1.29, 1.82) is 0 Å². The van der Waals surface area contributed by atoms with Crippen LogP contribution in [0.15, 0.2) is 0 Å². The Labute approximate surface area is 157 Å². The summed E-state index contributed by atoms with van der Waals surface area (Å²) in [5.41, 5.74) is 0. The van der Waals surface area contributed by atoms with Gasteiger partial charge in [-0.15, -0.1) is 0 Å². The van der Waals surface area contributed by atoms with Gasteiger partial charge in [0.25, 0.3) is 0 Å². The molecule has 3 saturated heterocycles. The predicted octanol–water partition coefficient (Wildman–Crippen LogP) is 3.03. The number of hydrogen-bond donors (Lipinski definition) is 1. The lowest BCUT2D eigenvalue weighted by Crippen LogP contribution is -2.56. The number of thioether (sulfide) groups is 1. The van der Waals surface area contributed by atoms with Crippen LogP contribution in [-0.2, 0) is 9.84 Å². The van der Waals surface area contributed by atoms with Crippen molar-refractivity contribution in [2.24, 2.45) is 5.92 Å². The highest BCUT2D eigenvalue weighted by molar-refractivity contribution is 8.00. The Bertz CT molecular complexity index is 554. The molecule has 4 atom stereocenters. The average Bonchev–Trinajstić information content (AvgIpc) is 3.23. The smallest absolute Gasteiger partial charge is 0.150 e. The second-order valence-corrected chi connectivity index (χ2v) is 12.5. The fourth-order valence-electron chi connectivity index (χ4n) is 5.70. The van der Waals surface area contributed by atoms with Gasteiger partial charge in [-0.2, -0.15) is 11.8 Å². The molecule has 0 aromatic heterocycles. The van der Waals surface area contributed by atoms with Crippen LogP contribution in [0, 0.1) is 5.92 Å². The van der Waals surface area contributed by atoms with Crippen LogP contribution < -0.4 is 5.32 Å². The second-order valence-electron chi connectivity index (χ2n) is 8.80. The molecule has 6 heteroatoms. The first-order valence-corrected chi connectivity index (χ1v) is 13.3. The Kier molecular flexibility index (Phi) is 5.71. The molecular weight excluding hydrogens is 352 g/mol. The van der Waals surface area contributed by atoms with E-state index in [0.29, 0.717) is 18.2 Å². The molecule has 0 radical (unpaired) electrons. The van der Waals surface area contributed by atoms with Crippen molar-refractivity contribution in [2.45, 2.75) is 93.0 Å². The molecule has 144 valence electrons. The quantitative estimate of drug-likeness (QED) is 0.805. The van der Waals surface area contributed by atoms with Crippen molar-refractivity contribution in [3.8, 4) is 0 Å². The van der Waals surface area contributed by atoms with E-state index in [2.05, 4.69) is 22.0 Å². The number of likely N-dealkylation sites (tertiary alicyclic amines) is 1. The lowest BCUT2D eigenvalue weighted by atomic mass is 9.88. The summed E-state index contributed by atoms with van der Waals surface area (Å²) in [5, 5.41) is 4.82. The van der Waals surface area contributed by atoms with Crippen LogP contribution in [0.4, 0.5) is 0 Å². The van der Waals surface area contributed by atoms with Crippen molar-refractivity contribution < 1.29 is 8.42 Å². The minimum atomic E-state index is -2.85. The lowest BCUT2D eigenvalue weighted by molar-refractivity contribution is 0.0755. The monoisotopic (exact) mass is 386 g/mol. The summed E-state index contributed by atoms with van der Waals surface area (Å²) >= 11 is 2.18. The first-order valence-electron chi connectivity index (χ1n) is 10.3. The minimum Gasteiger partial charge on any atom is -0.299 e. The molecule has 0 bridgehead atoms. The first-order chi connectivity index (χ1) is 12.0. The lowest BCUT2D eigenvalue weighted by Gasteiger charge is -2.43. The van der Waals surface area contributed by atoms with Crippen molar-refractivity contribution in [3.63, 3.8) is 0 Å². The molecule has 1 saturated carbocycles. The maximum atomic E-state index is 11.8. The summed E-state index contributed by atoms with van der Waals surface area (Å²) in [4.78, 5) is 2.72. The minimum absolute atomic E-state index is 0.0893. The van der Waals surface area contributed by atoms with Gasteiger partial charge in [-0.1, -0.05) is 0 Å². The molecule has 4 unspecified atom stereocenters. The van der Waals surface area contributed by atoms with Gasteiger partial charge in [0.05, 0.1) is 11.4 Å². The molecule has 0 spiro atoms. The molecule has 3 heterocycles. The van der Waals surface area contributed by atoms with E-state index in [1.54, 1.807) is 0 Å². The molecule has 1 aliphatic carbocycles. The van der Waals surface area contributed by atoms with E-state index in [9.17, 15) is 8.42 Å². The number of fused-ring (bicyclic) bond motifs is 1. The Morgan fingerprint density at radius 3 is 2.52 bits per heavy atom. The normalized spacial score (nSPS) is 43.2. The van der Waals surface area contributed by atoms with E-state index in [1.165, 1.54) is 57.1 Å². The number of hydrogen-bond acceptors (Lipinski definition) is 5. The van der Waals surface area contributed by atoms with Gasteiger partial charge in [0.1, 0.15) is 9.84 Å². The highest BCUT2D eigenvalue weighted by Gasteiger charge is 2.43. The Hall–Kier alpha value is 0.220. The van der Waals surface area contributed by atoms with E-state index in [1.807, 2.05) is 0 Å². The third-order valence-electron chi connectivity index (χ3n) is 7.14. The van der Waals surface area contributed by atoms with E-state index < -0.39 is 9.84 Å². The molecule has 0 aromatic carbocycles. The topological polar surface area (TPSA) is 49.4 Å². The Balaban J connectivity index is 1.33. The number of rotatable bonds is 4. The van der Waals surface area contributed by atoms with Gasteiger partial charge in [0.2, 0.25) is 0 Å². The summed E-state index contributed by atoms with van der Waals surface area (Å²) in [6, 6.07) is 1.30. The largest absolute Gasteiger partial charge is 0.299 e. The molecule has 4 nitrogen and oxygen atoms in total. The van der Waals surface area contributed by atoms with Gasteiger partial charge < -0.3 is 0 Å². The SMILES string of the molecule is CS(=O)(=O)C1CCC(N2CCC3CCC(CC4CCCS4)NC32)CC1. The molecule has 4 aliphatic rings. The van der Waals surface area contributed by atoms with Crippen LogP contribution in [0.3, 0.4) is 0 Å². The molecule has 0 amide bonds. The molecule has 4 fully saturated rings. The van der Waals surface area contributed by atoms with Crippen LogP contribution in [0.2, 0.25) is 0 Å². The van der Waals surface area contributed by atoms with Crippen molar-refractivity contribution >= 4 is 21.6 Å². The van der Waals surface area contributed by atoms with E-state index in [-0.39, 0.29) is 5.25 Å². The molecule has 1 N–H and O–H groups in total. The highest BCUT2D eigenvalue weighted by Crippen LogP contribution is 2.39. The third kappa shape index (κ3) is 4.22. The molecule has 4 rings (SSSR count). The maximum Gasteiger partial charge on any atom is 0.150 e. The van der Waals surface area contributed by atoms with E-state index >= 15 is 0 Å². The summed E-state index contributed by atoms with van der Waals surface area (Å²) in [6.45, 7) is 1.21. The number of nitrogens with zero attached hydrogens (tertiary/aromatic N) is 1. The Morgan fingerprint density at radius 2 is 1.84 bits per heavy atom. The zero-order valence-electron chi connectivity index (χ0n) is 15.5. The number of nitrogens with one attached hydrogen (secondary N) is 1. The average molecular weight is 387 g/mol. The van der Waals surface area contributed by atoms with Gasteiger partial charge >= 0.3 is 0 Å². The van der Waals surface area contributed by atoms with Crippen molar-refractivity contribution in [3.05, 3.63) is 0 Å². The van der Waals surface area contributed by atoms with Crippen LogP contribution in [0.1, 0.15) is 64.2 Å². The summed E-state index contributed by atoms with van der Waals surface area (Å²) in [7, 11) is -2.85. The van der Waals surface area contributed by atoms with Gasteiger partial charge in [0, 0.05) is 30.1 Å². The van der Waals surface area contributed by atoms with Crippen LogP contribution in [0.25, 0.3) is 0 Å². The number of piperidine rings is 1. The summed E-state index contributed by atoms with van der Waals surface area (Å²) in [5.74, 6) is 2.18. The fraction of sp³-hybridized carbons (Fsp3) is 1.00. The van der Waals surface area contributed by atoms with Crippen LogP contribution in [-0.4, -0.2) is 60.6 Å². The summed E-state index contributed by atoms with van der Waals surface area (Å²) in [6.07, 6.45) is 14.1. The maximum absolute atomic E-state index is 11.8. The third-order valence-corrected chi connectivity index (χ3v) is 10.3. The van der Waals surface area contributed by atoms with Gasteiger partial charge in [-0.05, 0) is 75.9 Å². The highest BCUT2D eigenvalue weighted by atomic mass is 32.2. The van der Waals surface area contributed by atoms with Gasteiger partial charge in [-0.25, -0.2) is 8.42 Å². The predicted molar refractivity (Wildman–Crippen MR) is 106 cm³/mol. The first kappa shape index (κ1) is 18.6. The van der Waals surface area contributed by atoms with E-state index in [4.69, 9.17) is 0 Å². The standard InChI is InChI=1S/C19H34N2O2S2/c1-25(22,23)18-8-6-16(7-9-18)21-11-10-14-4-5-15(20-19(14)21)13-17-3-2-12-24-17/h14-20H,2-13H2,1H3. The zero-order valence-corrected chi connectivity index (χ0v) is 17.2. The molecule has 3 aliphatic heterocycles. The second kappa shape index (κ2) is 7.69. The van der Waals surface area contributed by atoms with Crippen molar-refractivity contribution in [2.75, 3.05) is 18.6 Å². The van der Waals surface area contributed by atoms with Crippen LogP contribution in [0.5, 0.6) is 0 Å². The number of sulfone groups is 1. The van der Waals surface area contributed by atoms with E-state index in [0.717, 1.165) is 36.9 Å². The fourth-order valence-corrected chi connectivity index (χ4v) is 8.20. The van der Waals surface area contributed by atoms with Gasteiger partial charge in [-0.3, -0.25) is 10.2 Å². The van der Waals surface area contributed by atoms with Gasteiger partial charge in [0.15, 0.2) is 0 Å². The molecular formula is C19H34N2O2S2. The van der Waals surface area contributed by atoms with Crippen molar-refractivity contribution in [1.82, 2.24) is 10.2 Å². The Morgan fingerprint density at radius 1 is 1.04 bits per heavy atom. The summed E-state index contributed by atoms with van der Waals surface area (Å²) < 4.78 is 23.6. The zero-order chi connectivity index (χ0) is 17.4.